The lowest BCUT2D eigenvalue weighted by Gasteiger charge is -2.16. The molecule has 114 valence electrons. The van der Waals surface area contributed by atoms with Crippen LogP contribution < -0.4 is 4.72 Å². The predicted octanol–water partition coefficient (Wildman–Crippen LogP) is 0.0663. The average Bonchev–Trinajstić information content (AvgIpc) is 2.90. The summed E-state index contributed by atoms with van der Waals surface area (Å²) in [5, 5.41) is 0. The maximum Gasteiger partial charge on any atom is 0.306 e. The van der Waals surface area contributed by atoms with E-state index in [1.54, 1.807) is 6.20 Å². The lowest BCUT2D eigenvalue weighted by Crippen LogP contribution is -2.39. The second-order valence-corrected chi connectivity index (χ2v) is 5.91. The lowest BCUT2D eigenvalue weighted by molar-refractivity contribution is -0.140. The zero-order valence-electron chi connectivity index (χ0n) is 11.7. The van der Waals surface area contributed by atoms with Crippen LogP contribution in [-0.4, -0.2) is 44.4 Å². The predicted molar refractivity (Wildman–Crippen MR) is 70.9 cm³/mol. The van der Waals surface area contributed by atoms with Crippen molar-refractivity contribution in [3.8, 4) is 0 Å². The normalized spacial score (nSPS) is 11.8. The van der Waals surface area contributed by atoms with E-state index < -0.39 is 16.2 Å². The van der Waals surface area contributed by atoms with Crippen LogP contribution in [0.1, 0.15) is 25.0 Å². The monoisotopic (exact) mass is 305 g/mol. The van der Waals surface area contributed by atoms with E-state index in [4.69, 9.17) is 4.42 Å². The number of oxazole rings is 1. The summed E-state index contributed by atoms with van der Waals surface area (Å²) in [5.74, 6) is 0.525. The number of nitrogens with one attached hydrogen (secondary N) is 1. The molecular formula is C11H19N3O5S. The number of ether oxygens (including phenoxy) is 1. The summed E-state index contributed by atoms with van der Waals surface area (Å²) < 4.78 is 36.9. The van der Waals surface area contributed by atoms with E-state index in [2.05, 4.69) is 14.4 Å². The van der Waals surface area contributed by atoms with Gasteiger partial charge in [-0.1, -0.05) is 6.92 Å². The van der Waals surface area contributed by atoms with E-state index in [-0.39, 0.29) is 19.5 Å². The first kappa shape index (κ1) is 16.6. The number of nitrogens with zero attached hydrogens (tertiary/aromatic N) is 2. The van der Waals surface area contributed by atoms with Crippen molar-refractivity contribution in [3.63, 3.8) is 0 Å². The van der Waals surface area contributed by atoms with E-state index in [1.807, 2.05) is 6.92 Å². The molecule has 9 heteroatoms. The number of aromatic nitrogens is 1. The number of esters is 1. The lowest BCUT2D eigenvalue weighted by atomic mass is 10.4. The van der Waals surface area contributed by atoms with Crippen LogP contribution >= 0.6 is 0 Å². The summed E-state index contributed by atoms with van der Waals surface area (Å²) >= 11 is 0. The SMILES string of the molecule is CCc1cnc(CNS(=O)(=O)N(C)CCC(=O)OC)o1. The molecule has 1 N–H and O–H groups in total. The highest BCUT2D eigenvalue weighted by Crippen LogP contribution is 2.05. The molecule has 0 fully saturated rings. The molecule has 0 aliphatic rings. The number of carbonyl (C=O) groups excluding carboxylic acids is 1. The first-order chi connectivity index (χ1) is 9.39. The number of methoxy groups -OCH3 is 1. The fraction of sp³-hybridized carbons (Fsp3) is 0.636. The van der Waals surface area contributed by atoms with Gasteiger partial charge in [0.2, 0.25) is 5.89 Å². The maximum absolute atomic E-state index is 11.9. The molecular weight excluding hydrogens is 286 g/mol. The van der Waals surface area contributed by atoms with Crippen molar-refractivity contribution < 1.29 is 22.4 Å². The van der Waals surface area contributed by atoms with Crippen LogP contribution in [0.3, 0.4) is 0 Å². The molecule has 20 heavy (non-hydrogen) atoms. The van der Waals surface area contributed by atoms with Gasteiger partial charge in [0.05, 0.1) is 26.3 Å². The van der Waals surface area contributed by atoms with Crippen molar-refractivity contribution in [1.29, 1.82) is 0 Å². The fourth-order valence-electron chi connectivity index (χ4n) is 1.33. The summed E-state index contributed by atoms with van der Waals surface area (Å²) in [6.07, 6.45) is 2.25. The van der Waals surface area contributed by atoms with Crippen LogP contribution in [0.25, 0.3) is 0 Å². The Morgan fingerprint density at radius 1 is 1.55 bits per heavy atom. The summed E-state index contributed by atoms with van der Waals surface area (Å²) in [5.41, 5.74) is 0. The van der Waals surface area contributed by atoms with Crippen LogP contribution in [0.2, 0.25) is 0 Å². The van der Waals surface area contributed by atoms with Gasteiger partial charge >= 0.3 is 5.97 Å². The molecule has 0 aromatic carbocycles. The molecule has 0 radical (unpaired) electrons. The van der Waals surface area contributed by atoms with Gasteiger partial charge in [-0.3, -0.25) is 4.79 Å². The Balaban J connectivity index is 2.49. The summed E-state index contributed by atoms with van der Waals surface area (Å²) in [4.78, 5) is 14.9. The van der Waals surface area contributed by atoms with E-state index in [0.29, 0.717) is 18.1 Å². The maximum atomic E-state index is 11.9. The molecule has 0 bridgehead atoms. The molecule has 1 aromatic rings. The first-order valence-electron chi connectivity index (χ1n) is 6.10. The van der Waals surface area contributed by atoms with Crippen LogP contribution in [0.5, 0.6) is 0 Å². The third-order valence-corrected chi connectivity index (χ3v) is 4.14. The van der Waals surface area contributed by atoms with Crippen LogP contribution in [0, 0.1) is 0 Å². The standard InChI is InChI=1S/C11H19N3O5S/c1-4-9-7-12-10(19-9)8-13-20(16,17)14(2)6-5-11(15)18-3/h7,13H,4-6,8H2,1-3H3. The van der Waals surface area contributed by atoms with Gasteiger partial charge in [-0.2, -0.15) is 17.4 Å². The van der Waals surface area contributed by atoms with Crippen molar-refractivity contribution in [1.82, 2.24) is 14.0 Å². The van der Waals surface area contributed by atoms with E-state index >= 15 is 0 Å². The second-order valence-electron chi connectivity index (χ2n) is 4.05. The highest BCUT2D eigenvalue weighted by Gasteiger charge is 2.19. The number of carbonyl (C=O) groups is 1. The summed E-state index contributed by atoms with van der Waals surface area (Å²) in [7, 11) is -1.06. The molecule has 0 atom stereocenters. The molecule has 0 saturated heterocycles. The Morgan fingerprint density at radius 2 is 2.25 bits per heavy atom. The van der Waals surface area contributed by atoms with Crippen LogP contribution in [0.15, 0.2) is 10.6 Å². The van der Waals surface area contributed by atoms with Gasteiger partial charge in [0.15, 0.2) is 0 Å². The van der Waals surface area contributed by atoms with Crippen LogP contribution in [-0.2, 0) is 32.7 Å². The van der Waals surface area contributed by atoms with Crippen LogP contribution in [0.4, 0.5) is 0 Å². The highest BCUT2D eigenvalue weighted by molar-refractivity contribution is 7.87. The Hall–Kier alpha value is -1.45. The smallest absolute Gasteiger partial charge is 0.306 e. The van der Waals surface area contributed by atoms with Gasteiger partial charge in [0, 0.05) is 20.0 Å². The summed E-state index contributed by atoms with van der Waals surface area (Å²) in [6.45, 7) is 1.91. The van der Waals surface area contributed by atoms with Gasteiger partial charge in [0.25, 0.3) is 10.2 Å². The second kappa shape index (κ2) is 7.36. The molecule has 1 heterocycles. The molecule has 1 rings (SSSR count). The largest absolute Gasteiger partial charge is 0.469 e. The number of rotatable bonds is 8. The van der Waals surface area contributed by atoms with Gasteiger partial charge in [-0.15, -0.1) is 0 Å². The third kappa shape index (κ3) is 4.91. The minimum atomic E-state index is -3.68. The molecule has 0 aliphatic carbocycles. The van der Waals surface area contributed by atoms with Crippen molar-refractivity contribution in [3.05, 3.63) is 17.8 Å². The quantitative estimate of drug-likeness (QED) is 0.682. The molecule has 0 amide bonds. The molecule has 8 nitrogen and oxygen atoms in total. The van der Waals surface area contributed by atoms with Crippen molar-refractivity contribution in [2.24, 2.45) is 0 Å². The molecule has 0 aliphatic heterocycles. The molecule has 0 spiro atoms. The van der Waals surface area contributed by atoms with E-state index in [1.165, 1.54) is 14.2 Å². The number of hydrogen-bond acceptors (Lipinski definition) is 6. The van der Waals surface area contributed by atoms with Gasteiger partial charge in [0.1, 0.15) is 5.76 Å². The zero-order valence-corrected chi connectivity index (χ0v) is 12.6. The Kier molecular flexibility index (Phi) is 6.11. The van der Waals surface area contributed by atoms with Gasteiger partial charge in [-0.25, -0.2) is 4.98 Å². The molecule has 0 saturated carbocycles. The highest BCUT2D eigenvalue weighted by atomic mass is 32.2. The first-order valence-corrected chi connectivity index (χ1v) is 7.54. The zero-order chi connectivity index (χ0) is 15.2. The minimum absolute atomic E-state index is 0.00705. The molecule has 0 unspecified atom stereocenters. The van der Waals surface area contributed by atoms with Crippen molar-refractivity contribution in [2.45, 2.75) is 26.3 Å². The Morgan fingerprint density at radius 3 is 2.80 bits per heavy atom. The minimum Gasteiger partial charge on any atom is -0.469 e. The average molecular weight is 305 g/mol. The fourth-order valence-corrected chi connectivity index (χ4v) is 2.19. The Labute approximate surface area is 118 Å². The Bertz CT molecular complexity index is 540. The van der Waals surface area contributed by atoms with Crippen molar-refractivity contribution >= 4 is 16.2 Å². The number of aryl methyl sites for hydroxylation is 1. The topological polar surface area (TPSA) is 102 Å². The van der Waals surface area contributed by atoms with Gasteiger partial charge in [-0.05, 0) is 0 Å². The van der Waals surface area contributed by atoms with Gasteiger partial charge < -0.3 is 9.15 Å². The van der Waals surface area contributed by atoms with Crippen molar-refractivity contribution in [2.75, 3.05) is 20.7 Å². The van der Waals surface area contributed by atoms with E-state index in [9.17, 15) is 13.2 Å². The number of hydrogen-bond donors (Lipinski definition) is 1. The molecule has 1 aromatic heterocycles. The summed E-state index contributed by atoms with van der Waals surface area (Å²) in [6, 6.07) is 0. The third-order valence-electron chi connectivity index (χ3n) is 2.62. The van der Waals surface area contributed by atoms with E-state index in [0.717, 1.165) is 4.31 Å².